The van der Waals surface area contributed by atoms with Crippen LogP contribution >= 0.6 is 0 Å². The van der Waals surface area contributed by atoms with Crippen LogP contribution < -0.4 is 10.5 Å². The van der Waals surface area contributed by atoms with Crippen molar-refractivity contribution < 1.29 is 8.95 Å². The summed E-state index contributed by atoms with van der Waals surface area (Å²) >= 11 is 0. The summed E-state index contributed by atoms with van der Waals surface area (Å²) in [6.07, 6.45) is 6.77. The summed E-state index contributed by atoms with van der Waals surface area (Å²) in [5.74, 6) is 0.794. The van der Waals surface area contributed by atoms with Crippen LogP contribution in [-0.4, -0.2) is 22.6 Å². The lowest BCUT2D eigenvalue weighted by Crippen LogP contribution is -2.38. The van der Waals surface area contributed by atoms with Crippen molar-refractivity contribution in [3.8, 4) is 5.75 Å². The quantitative estimate of drug-likeness (QED) is 0.927. The lowest BCUT2D eigenvalue weighted by Gasteiger charge is -2.25. The van der Waals surface area contributed by atoms with E-state index >= 15 is 0 Å². The third-order valence-electron chi connectivity index (χ3n) is 3.82. The van der Waals surface area contributed by atoms with Crippen molar-refractivity contribution in [1.29, 1.82) is 0 Å². The molecule has 1 aliphatic carbocycles. The van der Waals surface area contributed by atoms with Gasteiger partial charge in [0.2, 0.25) is 0 Å². The van der Waals surface area contributed by atoms with Crippen LogP contribution in [0.15, 0.2) is 29.2 Å². The summed E-state index contributed by atoms with van der Waals surface area (Å²) in [4.78, 5) is 0.863. The summed E-state index contributed by atoms with van der Waals surface area (Å²) < 4.78 is 17.8. The zero-order valence-corrected chi connectivity index (χ0v) is 12.3. The largest absolute Gasteiger partial charge is 0.497 e. The summed E-state index contributed by atoms with van der Waals surface area (Å²) in [5, 5.41) is 0.0914. The molecule has 0 aliphatic heterocycles. The van der Waals surface area contributed by atoms with Crippen molar-refractivity contribution in [2.75, 3.05) is 7.11 Å². The number of hydrogen-bond donors (Lipinski definition) is 1. The van der Waals surface area contributed by atoms with Gasteiger partial charge in [-0.15, -0.1) is 0 Å². The molecular formula is C15H23NO2S. The van der Waals surface area contributed by atoms with E-state index in [0.717, 1.165) is 36.3 Å². The molecule has 0 saturated heterocycles. The van der Waals surface area contributed by atoms with E-state index in [2.05, 4.69) is 0 Å². The van der Waals surface area contributed by atoms with Crippen LogP contribution in [0.3, 0.4) is 0 Å². The van der Waals surface area contributed by atoms with Crippen LogP contribution in [0.5, 0.6) is 5.75 Å². The smallest absolute Gasteiger partial charge is 0.118 e. The Morgan fingerprint density at radius 2 is 1.74 bits per heavy atom. The second-order valence-corrected chi connectivity index (χ2v) is 6.84. The molecule has 1 aromatic carbocycles. The van der Waals surface area contributed by atoms with E-state index in [1.165, 1.54) is 12.8 Å². The minimum Gasteiger partial charge on any atom is -0.497 e. The Balaban J connectivity index is 2.10. The van der Waals surface area contributed by atoms with E-state index in [0.29, 0.717) is 0 Å². The molecule has 3 atom stereocenters. The van der Waals surface area contributed by atoms with Gasteiger partial charge in [-0.2, -0.15) is 0 Å². The molecule has 1 saturated carbocycles. The minimum atomic E-state index is -1.01. The standard InChI is InChI=1S/C15H23NO2S/c1-18-12-8-10-13(11-9-12)19(17)15-7-5-3-2-4-6-14(15)16/h8-11,14-15H,2-7,16H2,1H3. The molecule has 1 aromatic rings. The number of benzene rings is 1. The maximum absolute atomic E-state index is 12.7. The number of methoxy groups -OCH3 is 1. The summed E-state index contributed by atoms with van der Waals surface area (Å²) in [6, 6.07) is 7.56. The molecule has 0 amide bonds. The first-order chi connectivity index (χ1) is 9.22. The van der Waals surface area contributed by atoms with Crippen molar-refractivity contribution in [3.05, 3.63) is 24.3 Å². The van der Waals surface area contributed by atoms with Gasteiger partial charge in [0, 0.05) is 10.9 Å². The zero-order chi connectivity index (χ0) is 13.7. The van der Waals surface area contributed by atoms with Crippen LogP contribution in [-0.2, 0) is 10.8 Å². The molecule has 3 nitrogen and oxygen atoms in total. The number of hydrogen-bond acceptors (Lipinski definition) is 3. The maximum Gasteiger partial charge on any atom is 0.118 e. The van der Waals surface area contributed by atoms with Gasteiger partial charge in [-0.1, -0.05) is 25.7 Å². The lowest BCUT2D eigenvalue weighted by molar-refractivity contribution is 0.414. The fourth-order valence-corrected chi connectivity index (χ4v) is 4.22. The molecule has 0 spiro atoms. The van der Waals surface area contributed by atoms with Crippen LogP contribution in [0, 0.1) is 0 Å². The monoisotopic (exact) mass is 281 g/mol. The molecule has 3 unspecified atom stereocenters. The first kappa shape index (κ1) is 14.5. The summed E-state index contributed by atoms with van der Waals surface area (Å²) in [5.41, 5.74) is 6.23. The van der Waals surface area contributed by atoms with Gasteiger partial charge in [-0.05, 0) is 37.1 Å². The Hall–Kier alpha value is -0.870. The van der Waals surface area contributed by atoms with E-state index in [1.54, 1.807) is 7.11 Å². The molecule has 1 aliphatic rings. The van der Waals surface area contributed by atoms with Gasteiger partial charge in [-0.3, -0.25) is 4.21 Å². The SMILES string of the molecule is COc1ccc(S(=O)C2CCCCCCC2N)cc1. The molecule has 0 radical (unpaired) electrons. The highest BCUT2D eigenvalue weighted by Crippen LogP contribution is 2.25. The highest BCUT2D eigenvalue weighted by molar-refractivity contribution is 7.85. The van der Waals surface area contributed by atoms with Gasteiger partial charge < -0.3 is 10.5 Å². The fourth-order valence-electron chi connectivity index (χ4n) is 2.63. The second kappa shape index (κ2) is 7.06. The second-order valence-electron chi connectivity index (χ2n) is 5.17. The Morgan fingerprint density at radius 1 is 1.11 bits per heavy atom. The Bertz CT molecular complexity index is 419. The molecular weight excluding hydrogens is 258 g/mol. The predicted octanol–water partition coefficient (Wildman–Crippen LogP) is 2.85. The van der Waals surface area contributed by atoms with Crippen LogP contribution in [0.4, 0.5) is 0 Å². The molecule has 0 aromatic heterocycles. The van der Waals surface area contributed by atoms with Crippen LogP contribution in [0.2, 0.25) is 0 Å². The molecule has 0 heterocycles. The van der Waals surface area contributed by atoms with E-state index in [-0.39, 0.29) is 11.3 Å². The van der Waals surface area contributed by atoms with Gasteiger partial charge in [0.15, 0.2) is 0 Å². The van der Waals surface area contributed by atoms with Gasteiger partial charge in [0.25, 0.3) is 0 Å². The first-order valence-electron chi connectivity index (χ1n) is 7.02. The van der Waals surface area contributed by atoms with E-state index < -0.39 is 10.8 Å². The summed E-state index contributed by atoms with van der Waals surface area (Å²) in [7, 11) is 0.626. The minimum absolute atomic E-state index is 0.0586. The fraction of sp³-hybridized carbons (Fsp3) is 0.600. The van der Waals surface area contributed by atoms with Gasteiger partial charge >= 0.3 is 0 Å². The maximum atomic E-state index is 12.7. The van der Waals surface area contributed by atoms with Crippen molar-refractivity contribution in [2.45, 2.75) is 54.7 Å². The molecule has 4 heteroatoms. The normalized spacial score (nSPS) is 26.2. The Morgan fingerprint density at radius 3 is 2.37 bits per heavy atom. The molecule has 0 bridgehead atoms. The summed E-state index contributed by atoms with van der Waals surface area (Å²) in [6.45, 7) is 0. The van der Waals surface area contributed by atoms with Crippen molar-refractivity contribution in [3.63, 3.8) is 0 Å². The van der Waals surface area contributed by atoms with E-state index in [9.17, 15) is 4.21 Å². The number of rotatable bonds is 3. The third kappa shape index (κ3) is 3.80. The van der Waals surface area contributed by atoms with Crippen molar-refractivity contribution in [1.82, 2.24) is 0 Å². The lowest BCUT2D eigenvalue weighted by atomic mass is 9.97. The highest BCUT2D eigenvalue weighted by Gasteiger charge is 2.26. The van der Waals surface area contributed by atoms with E-state index in [4.69, 9.17) is 10.5 Å². The van der Waals surface area contributed by atoms with Gasteiger partial charge in [-0.25, -0.2) is 0 Å². The van der Waals surface area contributed by atoms with Gasteiger partial charge in [0.05, 0.1) is 23.2 Å². The predicted molar refractivity (Wildman–Crippen MR) is 78.9 cm³/mol. The highest BCUT2D eigenvalue weighted by atomic mass is 32.2. The number of nitrogens with two attached hydrogens (primary N) is 1. The zero-order valence-electron chi connectivity index (χ0n) is 11.5. The Kier molecular flexibility index (Phi) is 5.40. The van der Waals surface area contributed by atoms with Gasteiger partial charge in [0.1, 0.15) is 5.75 Å². The van der Waals surface area contributed by atoms with Crippen LogP contribution in [0.25, 0.3) is 0 Å². The first-order valence-corrected chi connectivity index (χ1v) is 8.24. The molecule has 2 N–H and O–H groups in total. The van der Waals surface area contributed by atoms with Crippen molar-refractivity contribution >= 4 is 10.8 Å². The molecule has 106 valence electrons. The number of ether oxygens (including phenoxy) is 1. The average Bonchev–Trinajstić information content (AvgIpc) is 2.43. The molecule has 2 rings (SSSR count). The van der Waals surface area contributed by atoms with Crippen molar-refractivity contribution in [2.24, 2.45) is 5.73 Å². The molecule has 1 fully saturated rings. The Labute approximate surface area is 118 Å². The topological polar surface area (TPSA) is 52.3 Å². The van der Waals surface area contributed by atoms with E-state index in [1.807, 2.05) is 24.3 Å². The third-order valence-corrected chi connectivity index (χ3v) is 5.69. The average molecular weight is 281 g/mol. The van der Waals surface area contributed by atoms with Crippen LogP contribution in [0.1, 0.15) is 38.5 Å². The molecule has 19 heavy (non-hydrogen) atoms.